The van der Waals surface area contributed by atoms with Crippen LogP contribution in [0.1, 0.15) is 28.8 Å². The first kappa shape index (κ1) is 13.5. The van der Waals surface area contributed by atoms with Crippen LogP contribution in [-0.4, -0.2) is 34.9 Å². The molecule has 1 fully saturated rings. The zero-order valence-electron chi connectivity index (χ0n) is 10.8. The molecule has 1 saturated heterocycles. The summed E-state index contributed by atoms with van der Waals surface area (Å²) in [6.45, 7) is 2.83. The number of likely N-dealkylation sites (tertiary alicyclic amines) is 1. The first-order chi connectivity index (χ1) is 8.99. The summed E-state index contributed by atoms with van der Waals surface area (Å²) in [6.07, 6.45) is 1.79. The van der Waals surface area contributed by atoms with E-state index in [1.165, 1.54) is 6.07 Å². The summed E-state index contributed by atoms with van der Waals surface area (Å²) >= 11 is 0. The van der Waals surface area contributed by atoms with E-state index in [1.54, 1.807) is 24.0 Å². The predicted octanol–water partition coefficient (Wildman–Crippen LogP) is 1.47. The van der Waals surface area contributed by atoms with Crippen molar-refractivity contribution in [2.24, 2.45) is 5.73 Å². The highest BCUT2D eigenvalue weighted by atomic mass is 16.6. The van der Waals surface area contributed by atoms with Crippen molar-refractivity contribution >= 4 is 11.6 Å². The quantitative estimate of drug-likeness (QED) is 0.646. The van der Waals surface area contributed by atoms with Gasteiger partial charge in [-0.05, 0) is 25.8 Å². The number of rotatable bonds is 2. The van der Waals surface area contributed by atoms with Crippen LogP contribution in [0.15, 0.2) is 18.2 Å². The molecule has 0 aromatic heterocycles. The van der Waals surface area contributed by atoms with Gasteiger partial charge in [-0.2, -0.15) is 0 Å². The van der Waals surface area contributed by atoms with Crippen molar-refractivity contribution in [1.82, 2.24) is 4.90 Å². The second-order valence-electron chi connectivity index (χ2n) is 4.91. The molecule has 0 radical (unpaired) electrons. The predicted molar refractivity (Wildman–Crippen MR) is 70.9 cm³/mol. The maximum absolute atomic E-state index is 12.3. The first-order valence-electron chi connectivity index (χ1n) is 6.29. The molecule has 1 aromatic rings. The number of nitro benzene ring substituents is 1. The minimum atomic E-state index is -0.464. The second kappa shape index (κ2) is 5.36. The standard InChI is InChI=1S/C13H17N3O3/c1-9-4-5-10(7-12(9)16(18)19)13(17)15-6-2-3-11(14)8-15/h4-5,7,11H,2-3,6,8,14H2,1H3/t11-/m1/s1. The Bertz CT molecular complexity index is 516. The smallest absolute Gasteiger partial charge is 0.273 e. The van der Waals surface area contributed by atoms with Crippen LogP contribution in [0.4, 0.5) is 5.69 Å². The van der Waals surface area contributed by atoms with E-state index in [2.05, 4.69) is 0 Å². The molecule has 0 aliphatic carbocycles. The molecule has 0 bridgehead atoms. The van der Waals surface area contributed by atoms with Gasteiger partial charge < -0.3 is 10.6 Å². The summed E-state index contributed by atoms with van der Waals surface area (Å²) in [5, 5.41) is 10.9. The lowest BCUT2D eigenvalue weighted by atomic mass is 10.0. The molecule has 1 atom stereocenters. The normalized spacial score (nSPS) is 19.3. The van der Waals surface area contributed by atoms with E-state index in [9.17, 15) is 14.9 Å². The van der Waals surface area contributed by atoms with Gasteiger partial charge in [0.15, 0.2) is 0 Å². The van der Waals surface area contributed by atoms with Gasteiger partial charge >= 0.3 is 0 Å². The van der Waals surface area contributed by atoms with E-state index in [0.29, 0.717) is 24.2 Å². The minimum Gasteiger partial charge on any atom is -0.337 e. The molecular formula is C13H17N3O3. The van der Waals surface area contributed by atoms with Gasteiger partial charge in [-0.25, -0.2) is 0 Å². The number of hydrogen-bond donors (Lipinski definition) is 1. The molecule has 1 amide bonds. The fraction of sp³-hybridized carbons (Fsp3) is 0.462. The van der Waals surface area contributed by atoms with Gasteiger partial charge in [0.05, 0.1) is 4.92 Å². The van der Waals surface area contributed by atoms with Gasteiger partial charge in [0.25, 0.3) is 11.6 Å². The van der Waals surface area contributed by atoms with Crippen molar-refractivity contribution < 1.29 is 9.72 Å². The Morgan fingerprint density at radius 1 is 1.53 bits per heavy atom. The SMILES string of the molecule is Cc1ccc(C(=O)N2CCC[C@@H](N)C2)cc1[N+](=O)[O-]. The van der Waals surface area contributed by atoms with Crippen LogP contribution < -0.4 is 5.73 Å². The zero-order valence-corrected chi connectivity index (χ0v) is 10.8. The molecule has 19 heavy (non-hydrogen) atoms. The van der Waals surface area contributed by atoms with Crippen LogP contribution in [-0.2, 0) is 0 Å². The number of hydrogen-bond acceptors (Lipinski definition) is 4. The Kier molecular flexibility index (Phi) is 3.80. The van der Waals surface area contributed by atoms with Gasteiger partial charge in [0, 0.05) is 36.3 Å². The maximum atomic E-state index is 12.3. The molecule has 2 N–H and O–H groups in total. The fourth-order valence-electron chi connectivity index (χ4n) is 2.32. The maximum Gasteiger partial charge on any atom is 0.273 e. The van der Waals surface area contributed by atoms with Gasteiger partial charge in [0.2, 0.25) is 0 Å². The Morgan fingerprint density at radius 2 is 2.26 bits per heavy atom. The number of piperidine rings is 1. The molecule has 6 heteroatoms. The number of aryl methyl sites for hydroxylation is 1. The summed E-state index contributed by atoms with van der Waals surface area (Å²) in [4.78, 5) is 24.4. The topological polar surface area (TPSA) is 89.5 Å². The van der Waals surface area contributed by atoms with E-state index in [4.69, 9.17) is 5.73 Å². The minimum absolute atomic E-state index is 0.00173. The molecular weight excluding hydrogens is 246 g/mol. The number of nitro groups is 1. The Balaban J connectivity index is 2.24. The average Bonchev–Trinajstić information content (AvgIpc) is 2.38. The second-order valence-corrected chi connectivity index (χ2v) is 4.91. The third kappa shape index (κ3) is 2.90. The first-order valence-corrected chi connectivity index (χ1v) is 6.29. The third-order valence-corrected chi connectivity index (χ3v) is 3.40. The molecule has 0 saturated carbocycles. The number of amides is 1. The number of nitrogens with two attached hydrogens (primary N) is 1. The Morgan fingerprint density at radius 3 is 2.89 bits per heavy atom. The van der Waals surface area contributed by atoms with Crippen molar-refractivity contribution in [1.29, 1.82) is 0 Å². The summed E-state index contributed by atoms with van der Waals surface area (Å²) in [5.41, 5.74) is 6.73. The van der Waals surface area contributed by atoms with Crippen LogP contribution in [0.5, 0.6) is 0 Å². The van der Waals surface area contributed by atoms with E-state index in [-0.39, 0.29) is 17.6 Å². The number of benzene rings is 1. The van der Waals surface area contributed by atoms with Crippen molar-refractivity contribution in [3.8, 4) is 0 Å². The molecule has 1 aromatic carbocycles. The summed E-state index contributed by atoms with van der Waals surface area (Å²) in [7, 11) is 0. The molecule has 1 heterocycles. The van der Waals surface area contributed by atoms with E-state index >= 15 is 0 Å². The largest absolute Gasteiger partial charge is 0.337 e. The van der Waals surface area contributed by atoms with Crippen LogP contribution in [0.25, 0.3) is 0 Å². The Hall–Kier alpha value is -1.95. The summed E-state index contributed by atoms with van der Waals surface area (Å²) < 4.78 is 0. The molecule has 102 valence electrons. The van der Waals surface area contributed by atoms with Crippen molar-refractivity contribution in [3.05, 3.63) is 39.4 Å². The highest BCUT2D eigenvalue weighted by molar-refractivity contribution is 5.95. The monoisotopic (exact) mass is 263 g/mol. The molecule has 0 spiro atoms. The van der Waals surface area contributed by atoms with Crippen LogP contribution in [0, 0.1) is 17.0 Å². The van der Waals surface area contributed by atoms with E-state index in [0.717, 1.165) is 12.8 Å². The fourth-order valence-corrected chi connectivity index (χ4v) is 2.32. The highest BCUT2D eigenvalue weighted by Crippen LogP contribution is 2.21. The van der Waals surface area contributed by atoms with Crippen LogP contribution in [0.2, 0.25) is 0 Å². The molecule has 1 aliphatic rings. The average molecular weight is 263 g/mol. The van der Waals surface area contributed by atoms with Gasteiger partial charge in [-0.3, -0.25) is 14.9 Å². The van der Waals surface area contributed by atoms with E-state index < -0.39 is 4.92 Å². The van der Waals surface area contributed by atoms with Gasteiger partial charge in [-0.15, -0.1) is 0 Å². The van der Waals surface area contributed by atoms with Crippen molar-refractivity contribution in [2.75, 3.05) is 13.1 Å². The molecule has 1 aliphatic heterocycles. The van der Waals surface area contributed by atoms with Crippen molar-refractivity contribution in [3.63, 3.8) is 0 Å². The lowest BCUT2D eigenvalue weighted by Crippen LogP contribution is -2.45. The summed E-state index contributed by atoms with van der Waals surface area (Å²) in [6, 6.07) is 4.58. The van der Waals surface area contributed by atoms with Crippen LogP contribution >= 0.6 is 0 Å². The summed E-state index contributed by atoms with van der Waals surface area (Å²) in [5.74, 6) is -0.182. The highest BCUT2D eigenvalue weighted by Gasteiger charge is 2.24. The molecule has 2 rings (SSSR count). The Labute approximate surface area is 111 Å². The number of carbonyl (C=O) groups is 1. The van der Waals surface area contributed by atoms with Crippen molar-refractivity contribution in [2.45, 2.75) is 25.8 Å². The zero-order chi connectivity index (χ0) is 14.0. The molecule has 0 unspecified atom stereocenters. The number of carbonyl (C=O) groups excluding carboxylic acids is 1. The van der Waals surface area contributed by atoms with Gasteiger partial charge in [-0.1, -0.05) is 6.07 Å². The molecule has 6 nitrogen and oxygen atoms in total. The number of nitrogens with zero attached hydrogens (tertiary/aromatic N) is 2. The van der Waals surface area contributed by atoms with Gasteiger partial charge in [0.1, 0.15) is 0 Å². The lowest BCUT2D eigenvalue weighted by molar-refractivity contribution is -0.385. The van der Waals surface area contributed by atoms with E-state index in [1.807, 2.05) is 0 Å². The lowest BCUT2D eigenvalue weighted by Gasteiger charge is -2.30. The third-order valence-electron chi connectivity index (χ3n) is 3.40. The van der Waals surface area contributed by atoms with Crippen LogP contribution in [0.3, 0.4) is 0 Å².